The van der Waals surface area contributed by atoms with E-state index in [9.17, 15) is 9.59 Å². The van der Waals surface area contributed by atoms with Crippen LogP contribution in [0, 0.1) is 0 Å². The topological polar surface area (TPSA) is 56.8 Å². The van der Waals surface area contributed by atoms with Crippen molar-refractivity contribution in [3.8, 4) is 0 Å². The molecule has 25 heavy (non-hydrogen) atoms. The zero-order valence-corrected chi connectivity index (χ0v) is 15.5. The molecule has 6 nitrogen and oxygen atoms in total. The van der Waals surface area contributed by atoms with Gasteiger partial charge in [0, 0.05) is 44.6 Å². The summed E-state index contributed by atoms with van der Waals surface area (Å²) in [7, 11) is 2.04. The monoisotopic (exact) mass is 344 g/mol. The Morgan fingerprint density at radius 2 is 1.88 bits per heavy atom. The maximum atomic E-state index is 12.9. The molecular formula is C19H28N4O2. The van der Waals surface area contributed by atoms with Gasteiger partial charge < -0.3 is 9.80 Å². The van der Waals surface area contributed by atoms with E-state index in [2.05, 4.69) is 9.88 Å². The molecule has 2 aliphatic heterocycles. The third-order valence-electron chi connectivity index (χ3n) is 5.81. The number of aromatic nitrogens is 1. The third-order valence-corrected chi connectivity index (χ3v) is 5.81. The fraction of sp³-hybridized carbons (Fsp3) is 0.632. The van der Waals surface area contributed by atoms with Crippen molar-refractivity contribution in [2.45, 2.75) is 38.6 Å². The molecule has 0 N–H and O–H groups in total. The number of aryl methyl sites for hydroxylation is 1. The van der Waals surface area contributed by atoms with Gasteiger partial charge >= 0.3 is 0 Å². The van der Waals surface area contributed by atoms with Crippen molar-refractivity contribution in [3.05, 3.63) is 29.6 Å². The molecule has 1 spiro atoms. The van der Waals surface area contributed by atoms with Crippen molar-refractivity contribution in [2.24, 2.45) is 0 Å². The van der Waals surface area contributed by atoms with Crippen molar-refractivity contribution in [1.82, 2.24) is 19.7 Å². The maximum absolute atomic E-state index is 12.9. The second-order valence-electron chi connectivity index (χ2n) is 7.02. The Bertz CT molecular complexity index is 635. The van der Waals surface area contributed by atoms with E-state index in [4.69, 9.17) is 0 Å². The van der Waals surface area contributed by atoms with Gasteiger partial charge in [-0.25, -0.2) is 0 Å². The molecule has 2 saturated heterocycles. The van der Waals surface area contributed by atoms with Gasteiger partial charge in [-0.1, -0.05) is 6.92 Å². The van der Waals surface area contributed by atoms with Gasteiger partial charge in [-0.2, -0.15) is 0 Å². The Morgan fingerprint density at radius 3 is 2.44 bits per heavy atom. The lowest BCUT2D eigenvalue weighted by molar-refractivity contribution is -0.153. The molecule has 1 aromatic rings. The minimum atomic E-state index is -0.435. The molecule has 0 bridgehead atoms. The Morgan fingerprint density at radius 1 is 1.16 bits per heavy atom. The van der Waals surface area contributed by atoms with E-state index in [1.165, 1.54) is 0 Å². The van der Waals surface area contributed by atoms with Crippen LogP contribution in [0.1, 0.15) is 42.7 Å². The number of carbonyl (C=O) groups excluding carboxylic acids is 2. The summed E-state index contributed by atoms with van der Waals surface area (Å²) in [5, 5.41) is 0. The van der Waals surface area contributed by atoms with E-state index < -0.39 is 5.54 Å². The second kappa shape index (κ2) is 7.12. The Kier molecular flexibility index (Phi) is 5.08. The first-order chi connectivity index (χ1) is 12.0. The summed E-state index contributed by atoms with van der Waals surface area (Å²) >= 11 is 0. The number of piperazine rings is 1. The third kappa shape index (κ3) is 3.15. The molecular weight excluding hydrogens is 316 g/mol. The molecule has 3 rings (SSSR count). The van der Waals surface area contributed by atoms with Crippen molar-refractivity contribution >= 4 is 11.8 Å². The molecule has 0 unspecified atom stereocenters. The average molecular weight is 344 g/mol. The fourth-order valence-electron chi connectivity index (χ4n) is 3.96. The molecule has 6 heteroatoms. The van der Waals surface area contributed by atoms with Crippen LogP contribution < -0.4 is 0 Å². The van der Waals surface area contributed by atoms with Gasteiger partial charge in [0.1, 0.15) is 5.54 Å². The van der Waals surface area contributed by atoms with Crippen LogP contribution in [0.5, 0.6) is 0 Å². The standard InChI is InChI=1S/C19H28N4O2/c1-4-16-7-6-15(14-20-16)17(24)23-10-8-19(9-11-23)18(25)22(5-2)13-12-21(19)3/h6-7,14H,4-5,8-13H2,1-3H3. The number of hydrogen-bond acceptors (Lipinski definition) is 4. The second-order valence-corrected chi connectivity index (χ2v) is 7.02. The van der Waals surface area contributed by atoms with E-state index in [-0.39, 0.29) is 11.8 Å². The average Bonchev–Trinajstić information content (AvgIpc) is 2.66. The summed E-state index contributed by atoms with van der Waals surface area (Å²) in [6.45, 7) is 7.76. The Balaban J connectivity index is 1.70. The lowest BCUT2D eigenvalue weighted by atomic mass is 9.82. The zero-order valence-electron chi connectivity index (χ0n) is 15.5. The summed E-state index contributed by atoms with van der Waals surface area (Å²) in [6, 6.07) is 3.77. The molecule has 2 amide bonds. The minimum absolute atomic E-state index is 0.0169. The van der Waals surface area contributed by atoms with Crippen molar-refractivity contribution < 1.29 is 9.59 Å². The van der Waals surface area contributed by atoms with Crippen LogP contribution in [0.2, 0.25) is 0 Å². The van der Waals surface area contributed by atoms with Gasteiger partial charge in [0.2, 0.25) is 5.91 Å². The molecule has 2 aliphatic rings. The van der Waals surface area contributed by atoms with Crippen LogP contribution in [-0.2, 0) is 11.2 Å². The van der Waals surface area contributed by atoms with Crippen LogP contribution in [0.25, 0.3) is 0 Å². The predicted octanol–water partition coefficient (Wildman–Crippen LogP) is 1.41. The van der Waals surface area contributed by atoms with Crippen LogP contribution in [-0.4, -0.2) is 76.8 Å². The van der Waals surface area contributed by atoms with Crippen molar-refractivity contribution in [3.63, 3.8) is 0 Å². The van der Waals surface area contributed by atoms with Crippen molar-refractivity contribution in [2.75, 3.05) is 39.8 Å². The summed E-state index contributed by atoms with van der Waals surface area (Å²) in [4.78, 5) is 36.0. The lowest BCUT2D eigenvalue weighted by Gasteiger charge is -2.51. The molecule has 3 heterocycles. The molecule has 2 fully saturated rings. The highest BCUT2D eigenvalue weighted by Gasteiger charge is 2.49. The predicted molar refractivity (Wildman–Crippen MR) is 96.4 cm³/mol. The molecule has 136 valence electrons. The van der Waals surface area contributed by atoms with E-state index in [1.807, 2.05) is 42.8 Å². The van der Waals surface area contributed by atoms with Crippen LogP contribution >= 0.6 is 0 Å². The fourth-order valence-corrected chi connectivity index (χ4v) is 3.96. The van der Waals surface area contributed by atoms with E-state index in [0.717, 1.165) is 31.7 Å². The van der Waals surface area contributed by atoms with Gasteiger partial charge in [-0.3, -0.25) is 19.5 Å². The van der Waals surface area contributed by atoms with Gasteiger partial charge in [0.05, 0.1) is 5.56 Å². The van der Waals surface area contributed by atoms with E-state index >= 15 is 0 Å². The normalized spacial score (nSPS) is 21.0. The number of nitrogens with zero attached hydrogens (tertiary/aromatic N) is 4. The summed E-state index contributed by atoms with van der Waals surface area (Å²) < 4.78 is 0. The minimum Gasteiger partial charge on any atom is -0.340 e. The summed E-state index contributed by atoms with van der Waals surface area (Å²) in [6.07, 6.45) is 3.93. The quantitative estimate of drug-likeness (QED) is 0.832. The van der Waals surface area contributed by atoms with Gasteiger partial charge in [0.25, 0.3) is 5.91 Å². The SMILES string of the molecule is CCc1ccc(C(=O)N2CCC3(CC2)C(=O)N(CC)CCN3C)cn1. The van der Waals surface area contributed by atoms with E-state index in [1.54, 1.807) is 6.20 Å². The Labute approximate surface area is 149 Å². The number of piperidine rings is 1. The smallest absolute Gasteiger partial charge is 0.255 e. The van der Waals surface area contributed by atoms with Crippen LogP contribution in [0.15, 0.2) is 18.3 Å². The summed E-state index contributed by atoms with van der Waals surface area (Å²) in [5.41, 5.74) is 1.19. The molecule has 0 atom stereocenters. The highest BCUT2D eigenvalue weighted by molar-refractivity contribution is 5.94. The molecule has 1 aromatic heterocycles. The zero-order chi connectivity index (χ0) is 18.0. The van der Waals surface area contributed by atoms with Gasteiger partial charge in [-0.05, 0) is 45.4 Å². The molecule has 0 aliphatic carbocycles. The number of hydrogen-bond donors (Lipinski definition) is 0. The number of amides is 2. The summed E-state index contributed by atoms with van der Waals surface area (Å²) in [5.74, 6) is 0.244. The number of likely N-dealkylation sites (tertiary alicyclic amines) is 1. The molecule has 0 saturated carbocycles. The highest BCUT2D eigenvalue weighted by atomic mass is 16.2. The Hall–Kier alpha value is -1.95. The van der Waals surface area contributed by atoms with Gasteiger partial charge in [0.15, 0.2) is 0 Å². The number of rotatable bonds is 3. The first-order valence-corrected chi connectivity index (χ1v) is 9.26. The first-order valence-electron chi connectivity index (χ1n) is 9.26. The maximum Gasteiger partial charge on any atom is 0.255 e. The van der Waals surface area contributed by atoms with Crippen molar-refractivity contribution in [1.29, 1.82) is 0 Å². The van der Waals surface area contributed by atoms with Crippen LogP contribution in [0.4, 0.5) is 0 Å². The lowest BCUT2D eigenvalue weighted by Crippen LogP contribution is -2.67. The van der Waals surface area contributed by atoms with Gasteiger partial charge in [-0.15, -0.1) is 0 Å². The highest BCUT2D eigenvalue weighted by Crippen LogP contribution is 2.33. The number of pyridine rings is 1. The molecule has 0 aromatic carbocycles. The number of likely N-dealkylation sites (N-methyl/N-ethyl adjacent to an activating group) is 2. The first kappa shape index (κ1) is 17.9. The molecule has 0 radical (unpaired) electrons. The number of carbonyl (C=O) groups is 2. The largest absolute Gasteiger partial charge is 0.340 e. The van der Waals surface area contributed by atoms with E-state index in [0.29, 0.717) is 31.5 Å². The van der Waals surface area contributed by atoms with Crippen LogP contribution in [0.3, 0.4) is 0 Å².